The predicted molar refractivity (Wildman–Crippen MR) is 73.2 cm³/mol. The SMILES string of the molecule is Cc1cc(C(C)C(C)C)c2[nH]c(=O)[nH]c(=O)c2c1. The van der Waals surface area contributed by atoms with Crippen LogP contribution in [-0.4, -0.2) is 9.97 Å². The van der Waals surface area contributed by atoms with Crippen molar-refractivity contribution in [3.05, 3.63) is 44.1 Å². The van der Waals surface area contributed by atoms with Gasteiger partial charge in [-0.2, -0.15) is 0 Å². The maximum absolute atomic E-state index is 11.8. The average molecular weight is 246 g/mol. The van der Waals surface area contributed by atoms with Crippen LogP contribution in [0.4, 0.5) is 0 Å². The quantitative estimate of drug-likeness (QED) is 0.853. The summed E-state index contributed by atoms with van der Waals surface area (Å²) in [5.74, 6) is 0.725. The van der Waals surface area contributed by atoms with Gasteiger partial charge in [0.15, 0.2) is 0 Å². The molecule has 0 fully saturated rings. The monoisotopic (exact) mass is 246 g/mol. The molecule has 1 atom stereocenters. The summed E-state index contributed by atoms with van der Waals surface area (Å²) in [5.41, 5.74) is 1.95. The van der Waals surface area contributed by atoms with Crippen LogP contribution < -0.4 is 11.2 Å². The molecule has 1 unspecified atom stereocenters. The molecule has 2 rings (SSSR count). The molecule has 18 heavy (non-hydrogen) atoms. The molecular formula is C14H18N2O2. The fourth-order valence-corrected chi connectivity index (χ4v) is 2.17. The Morgan fingerprint density at radius 1 is 1.06 bits per heavy atom. The van der Waals surface area contributed by atoms with Gasteiger partial charge in [-0.15, -0.1) is 0 Å². The van der Waals surface area contributed by atoms with Gasteiger partial charge in [-0.05, 0) is 36.0 Å². The third-order valence-electron chi connectivity index (χ3n) is 3.51. The Morgan fingerprint density at radius 3 is 2.33 bits per heavy atom. The van der Waals surface area contributed by atoms with Crippen LogP contribution in [0.2, 0.25) is 0 Å². The number of benzene rings is 1. The molecule has 2 N–H and O–H groups in total. The normalized spacial score (nSPS) is 13.2. The van der Waals surface area contributed by atoms with E-state index >= 15 is 0 Å². The molecule has 0 saturated heterocycles. The zero-order chi connectivity index (χ0) is 13.4. The van der Waals surface area contributed by atoms with Gasteiger partial charge in [-0.25, -0.2) is 4.79 Å². The van der Waals surface area contributed by atoms with Gasteiger partial charge in [-0.1, -0.05) is 26.8 Å². The molecule has 1 heterocycles. The van der Waals surface area contributed by atoms with Gasteiger partial charge in [-0.3, -0.25) is 9.78 Å². The number of aryl methyl sites for hydroxylation is 1. The molecule has 0 aliphatic heterocycles. The van der Waals surface area contributed by atoms with Gasteiger partial charge in [0.2, 0.25) is 0 Å². The van der Waals surface area contributed by atoms with E-state index in [2.05, 4.69) is 30.7 Å². The summed E-state index contributed by atoms with van der Waals surface area (Å²) < 4.78 is 0. The minimum Gasteiger partial charge on any atom is -0.307 e. The molecule has 1 aromatic heterocycles. The Morgan fingerprint density at radius 2 is 1.72 bits per heavy atom. The molecule has 96 valence electrons. The fourth-order valence-electron chi connectivity index (χ4n) is 2.17. The van der Waals surface area contributed by atoms with Crippen molar-refractivity contribution in [3.8, 4) is 0 Å². The van der Waals surface area contributed by atoms with Crippen LogP contribution in [0.15, 0.2) is 21.7 Å². The topological polar surface area (TPSA) is 65.7 Å². The summed E-state index contributed by atoms with van der Waals surface area (Å²) >= 11 is 0. The second-order valence-electron chi connectivity index (χ2n) is 5.22. The fraction of sp³-hybridized carbons (Fsp3) is 0.429. The third kappa shape index (κ3) is 2.10. The summed E-state index contributed by atoms with van der Waals surface area (Å²) in [5, 5.41) is 0.553. The van der Waals surface area contributed by atoms with Crippen molar-refractivity contribution in [1.82, 2.24) is 9.97 Å². The van der Waals surface area contributed by atoms with Crippen LogP contribution in [0.25, 0.3) is 10.9 Å². The van der Waals surface area contributed by atoms with Crippen molar-refractivity contribution in [1.29, 1.82) is 0 Å². The highest BCUT2D eigenvalue weighted by atomic mass is 16.2. The Hall–Kier alpha value is -1.84. The number of rotatable bonds is 2. The maximum atomic E-state index is 11.8. The zero-order valence-corrected chi connectivity index (χ0v) is 11.1. The Kier molecular flexibility index (Phi) is 3.11. The molecule has 0 bridgehead atoms. The van der Waals surface area contributed by atoms with E-state index < -0.39 is 5.69 Å². The van der Waals surface area contributed by atoms with Crippen molar-refractivity contribution in [3.63, 3.8) is 0 Å². The van der Waals surface area contributed by atoms with Crippen LogP contribution >= 0.6 is 0 Å². The molecule has 0 aliphatic rings. The Bertz CT molecular complexity index is 695. The first-order chi connectivity index (χ1) is 8.40. The minimum atomic E-state index is -0.450. The van der Waals surface area contributed by atoms with Gasteiger partial charge in [0.05, 0.1) is 10.9 Å². The smallest absolute Gasteiger partial charge is 0.307 e. The zero-order valence-electron chi connectivity index (χ0n) is 11.1. The Balaban J connectivity index is 2.88. The Labute approximate surface area is 105 Å². The molecular weight excluding hydrogens is 228 g/mol. The van der Waals surface area contributed by atoms with E-state index in [-0.39, 0.29) is 11.5 Å². The van der Waals surface area contributed by atoms with E-state index in [9.17, 15) is 9.59 Å². The molecule has 2 aromatic rings. The van der Waals surface area contributed by atoms with Crippen LogP contribution in [0, 0.1) is 12.8 Å². The van der Waals surface area contributed by atoms with E-state index in [1.165, 1.54) is 0 Å². The van der Waals surface area contributed by atoms with E-state index in [1.54, 1.807) is 6.07 Å². The van der Waals surface area contributed by atoms with Crippen molar-refractivity contribution in [2.75, 3.05) is 0 Å². The number of aromatic amines is 2. The second kappa shape index (κ2) is 4.44. The molecule has 0 aliphatic carbocycles. The standard InChI is InChI=1S/C14H18N2O2/c1-7(2)9(4)10-5-8(3)6-11-12(10)15-14(18)16-13(11)17/h5-7,9H,1-4H3,(H2,15,16,17,18). The van der Waals surface area contributed by atoms with Crippen molar-refractivity contribution < 1.29 is 0 Å². The number of fused-ring (bicyclic) bond motifs is 1. The molecule has 4 heteroatoms. The van der Waals surface area contributed by atoms with Crippen LogP contribution in [0.1, 0.15) is 37.8 Å². The highest BCUT2D eigenvalue weighted by molar-refractivity contribution is 5.82. The number of hydrogen-bond donors (Lipinski definition) is 2. The summed E-state index contributed by atoms with van der Waals surface area (Å²) in [6.45, 7) is 8.33. The van der Waals surface area contributed by atoms with Crippen LogP contribution in [-0.2, 0) is 0 Å². The lowest BCUT2D eigenvalue weighted by Crippen LogP contribution is -2.23. The van der Waals surface area contributed by atoms with E-state index in [0.29, 0.717) is 16.8 Å². The first kappa shape index (κ1) is 12.6. The lowest BCUT2D eigenvalue weighted by atomic mass is 9.88. The third-order valence-corrected chi connectivity index (χ3v) is 3.51. The molecule has 0 amide bonds. The first-order valence-electron chi connectivity index (χ1n) is 6.17. The second-order valence-corrected chi connectivity index (χ2v) is 5.22. The number of aromatic nitrogens is 2. The lowest BCUT2D eigenvalue weighted by molar-refractivity contribution is 0.537. The summed E-state index contributed by atoms with van der Waals surface area (Å²) in [4.78, 5) is 28.3. The van der Waals surface area contributed by atoms with Gasteiger partial charge in [0.25, 0.3) is 5.56 Å². The van der Waals surface area contributed by atoms with Crippen LogP contribution in [0.3, 0.4) is 0 Å². The maximum Gasteiger partial charge on any atom is 0.326 e. The number of H-pyrrole nitrogens is 2. The number of nitrogens with one attached hydrogen (secondary N) is 2. The molecule has 4 nitrogen and oxygen atoms in total. The van der Waals surface area contributed by atoms with Crippen molar-refractivity contribution in [2.24, 2.45) is 5.92 Å². The highest BCUT2D eigenvalue weighted by Gasteiger charge is 2.15. The van der Waals surface area contributed by atoms with E-state index in [0.717, 1.165) is 11.1 Å². The predicted octanol–water partition coefficient (Wildman–Crippen LogP) is 2.28. The largest absolute Gasteiger partial charge is 0.326 e. The molecule has 1 aromatic carbocycles. The molecule has 0 radical (unpaired) electrons. The van der Waals surface area contributed by atoms with E-state index in [1.807, 2.05) is 13.0 Å². The summed E-state index contributed by atoms with van der Waals surface area (Å²) in [6, 6.07) is 3.85. The minimum absolute atomic E-state index is 0.282. The van der Waals surface area contributed by atoms with Gasteiger partial charge in [0.1, 0.15) is 0 Å². The average Bonchev–Trinajstić information content (AvgIpc) is 2.28. The molecule has 0 spiro atoms. The van der Waals surface area contributed by atoms with E-state index in [4.69, 9.17) is 0 Å². The van der Waals surface area contributed by atoms with Gasteiger partial charge in [0, 0.05) is 0 Å². The lowest BCUT2D eigenvalue weighted by Gasteiger charge is -2.18. The van der Waals surface area contributed by atoms with Crippen molar-refractivity contribution >= 4 is 10.9 Å². The molecule has 0 saturated carbocycles. The van der Waals surface area contributed by atoms with Gasteiger partial charge < -0.3 is 4.98 Å². The summed E-state index contributed by atoms with van der Waals surface area (Å²) in [6.07, 6.45) is 0. The van der Waals surface area contributed by atoms with Crippen LogP contribution in [0.5, 0.6) is 0 Å². The van der Waals surface area contributed by atoms with Gasteiger partial charge >= 0.3 is 5.69 Å². The summed E-state index contributed by atoms with van der Waals surface area (Å²) in [7, 11) is 0. The highest BCUT2D eigenvalue weighted by Crippen LogP contribution is 2.28. The van der Waals surface area contributed by atoms with Crippen molar-refractivity contribution in [2.45, 2.75) is 33.6 Å². The first-order valence-corrected chi connectivity index (χ1v) is 6.17. The number of hydrogen-bond acceptors (Lipinski definition) is 2.